The molecule has 0 saturated heterocycles. The predicted molar refractivity (Wildman–Crippen MR) is 110 cm³/mol. The molecule has 4 N–H and O–H groups in total. The van der Waals surface area contributed by atoms with Crippen LogP contribution in [0.15, 0.2) is 4.99 Å². The van der Waals surface area contributed by atoms with Crippen LogP contribution in [0.1, 0.15) is 68.2 Å². The molecular weight excluding hydrogens is 346 g/mol. The van der Waals surface area contributed by atoms with Gasteiger partial charge in [-0.2, -0.15) is 0 Å². The fourth-order valence-corrected chi connectivity index (χ4v) is 1.98. The molecule has 8 heteroatoms. The number of hydrogen-bond donors (Lipinski definition) is 4. The van der Waals surface area contributed by atoms with Crippen LogP contribution in [0.2, 0.25) is 0 Å². The lowest BCUT2D eigenvalue weighted by Gasteiger charge is -2.27. The first-order valence-electron chi connectivity index (χ1n) is 9.71. The molecule has 0 saturated carbocycles. The zero-order valence-corrected chi connectivity index (χ0v) is 18.3. The van der Waals surface area contributed by atoms with E-state index in [1.807, 2.05) is 55.4 Å². The third-order valence-electron chi connectivity index (χ3n) is 3.48. The molecule has 27 heavy (non-hydrogen) atoms. The molecule has 2 amide bonds. The highest BCUT2D eigenvalue weighted by Crippen LogP contribution is 2.09. The summed E-state index contributed by atoms with van der Waals surface area (Å²) in [6.45, 7) is 16.7. The summed E-state index contributed by atoms with van der Waals surface area (Å²) in [6.07, 6.45) is 0.805. The van der Waals surface area contributed by atoms with Gasteiger partial charge in [-0.3, -0.25) is 9.79 Å². The van der Waals surface area contributed by atoms with Crippen molar-refractivity contribution in [3.63, 3.8) is 0 Å². The number of carbonyl (C=O) groups excluding carboxylic acids is 2. The maximum absolute atomic E-state index is 11.9. The van der Waals surface area contributed by atoms with E-state index in [1.54, 1.807) is 0 Å². The zero-order chi connectivity index (χ0) is 21.1. The van der Waals surface area contributed by atoms with Crippen LogP contribution in [0.3, 0.4) is 0 Å². The van der Waals surface area contributed by atoms with Gasteiger partial charge in [0.05, 0.1) is 12.1 Å². The number of carbonyl (C=O) groups is 2. The molecule has 0 aromatic heterocycles. The summed E-state index contributed by atoms with van der Waals surface area (Å²) in [7, 11) is 0. The predicted octanol–water partition coefficient (Wildman–Crippen LogP) is 2.15. The molecule has 0 fully saturated rings. The maximum atomic E-state index is 11.9. The van der Waals surface area contributed by atoms with Gasteiger partial charge in [0.25, 0.3) is 0 Å². The number of rotatable bonds is 9. The van der Waals surface area contributed by atoms with Crippen LogP contribution < -0.4 is 21.3 Å². The van der Waals surface area contributed by atoms with Gasteiger partial charge < -0.3 is 26.0 Å². The van der Waals surface area contributed by atoms with Gasteiger partial charge in [-0.25, -0.2) is 4.79 Å². The molecule has 0 aromatic rings. The Bertz CT molecular complexity index is 498. The first-order chi connectivity index (χ1) is 12.4. The third kappa shape index (κ3) is 13.8. The lowest BCUT2D eigenvalue weighted by atomic mass is 10.1. The second-order valence-corrected chi connectivity index (χ2v) is 8.26. The molecule has 0 spiro atoms. The Labute approximate surface area is 164 Å². The average Bonchev–Trinajstić information content (AvgIpc) is 2.49. The number of ether oxygens (including phenoxy) is 1. The molecule has 8 nitrogen and oxygen atoms in total. The summed E-state index contributed by atoms with van der Waals surface area (Å²) >= 11 is 0. The molecule has 1 unspecified atom stereocenters. The SMILES string of the molecule is CCNC(=NCC(C)(C)NC(=O)OC(C)(C)C)NCCC(=O)NC(C)CC. The normalized spacial score (nSPS) is 13.6. The molecule has 0 bridgehead atoms. The number of alkyl carbamates (subject to hydrolysis) is 1. The van der Waals surface area contributed by atoms with Gasteiger partial charge >= 0.3 is 6.09 Å². The Balaban J connectivity index is 4.56. The topological polar surface area (TPSA) is 104 Å². The molecule has 0 rings (SSSR count). The number of nitrogens with zero attached hydrogens (tertiary/aromatic N) is 1. The zero-order valence-electron chi connectivity index (χ0n) is 18.3. The van der Waals surface area contributed by atoms with E-state index in [-0.39, 0.29) is 11.9 Å². The molecule has 0 aliphatic heterocycles. The monoisotopic (exact) mass is 385 g/mol. The van der Waals surface area contributed by atoms with Gasteiger partial charge in [-0.15, -0.1) is 0 Å². The fraction of sp³-hybridized carbons (Fsp3) is 0.842. The molecule has 0 heterocycles. The molecule has 0 aliphatic carbocycles. The van der Waals surface area contributed by atoms with Crippen molar-refractivity contribution < 1.29 is 14.3 Å². The van der Waals surface area contributed by atoms with Crippen molar-refractivity contribution in [3.05, 3.63) is 0 Å². The smallest absolute Gasteiger partial charge is 0.408 e. The van der Waals surface area contributed by atoms with E-state index in [1.165, 1.54) is 0 Å². The number of amides is 2. The van der Waals surface area contributed by atoms with Crippen molar-refractivity contribution in [2.75, 3.05) is 19.6 Å². The Hall–Kier alpha value is -1.99. The van der Waals surface area contributed by atoms with Crippen molar-refractivity contribution in [2.24, 2.45) is 4.99 Å². The lowest BCUT2D eigenvalue weighted by molar-refractivity contribution is -0.121. The van der Waals surface area contributed by atoms with Gasteiger partial charge in [0.15, 0.2) is 5.96 Å². The molecule has 0 aliphatic rings. The molecule has 0 radical (unpaired) electrons. The van der Waals surface area contributed by atoms with Crippen molar-refractivity contribution in [1.29, 1.82) is 0 Å². The van der Waals surface area contributed by atoms with E-state index in [0.717, 1.165) is 6.42 Å². The summed E-state index contributed by atoms with van der Waals surface area (Å²) in [4.78, 5) is 28.3. The van der Waals surface area contributed by atoms with E-state index in [9.17, 15) is 9.59 Å². The summed E-state index contributed by atoms with van der Waals surface area (Å²) in [5.41, 5.74) is -1.12. The number of guanidine groups is 1. The van der Waals surface area contributed by atoms with E-state index >= 15 is 0 Å². The number of nitrogens with one attached hydrogen (secondary N) is 4. The van der Waals surface area contributed by atoms with Gasteiger partial charge in [0.1, 0.15) is 5.60 Å². The van der Waals surface area contributed by atoms with Crippen LogP contribution in [0.4, 0.5) is 4.79 Å². The summed E-state index contributed by atoms with van der Waals surface area (Å²) in [5.74, 6) is 0.618. The maximum Gasteiger partial charge on any atom is 0.408 e. The minimum Gasteiger partial charge on any atom is -0.444 e. The third-order valence-corrected chi connectivity index (χ3v) is 3.48. The van der Waals surface area contributed by atoms with Crippen LogP contribution in [0.25, 0.3) is 0 Å². The Kier molecular flexibility index (Phi) is 10.8. The van der Waals surface area contributed by atoms with Crippen LogP contribution >= 0.6 is 0 Å². The van der Waals surface area contributed by atoms with Crippen molar-refractivity contribution in [1.82, 2.24) is 21.3 Å². The van der Waals surface area contributed by atoms with Gasteiger partial charge in [0, 0.05) is 25.6 Å². The van der Waals surface area contributed by atoms with E-state index in [4.69, 9.17) is 4.74 Å². The number of aliphatic imine (C=N–C) groups is 1. The average molecular weight is 386 g/mol. The summed E-state index contributed by atoms with van der Waals surface area (Å²) in [6, 6.07) is 0.180. The first kappa shape index (κ1) is 25.0. The van der Waals surface area contributed by atoms with Crippen LogP contribution in [-0.4, -0.2) is 54.8 Å². The minimum atomic E-state index is -0.571. The van der Waals surface area contributed by atoms with Crippen molar-refractivity contribution >= 4 is 18.0 Å². The second-order valence-electron chi connectivity index (χ2n) is 8.26. The largest absolute Gasteiger partial charge is 0.444 e. The number of hydrogen-bond acceptors (Lipinski definition) is 4. The fourth-order valence-electron chi connectivity index (χ4n) is 1.98. The molecule has 158 valence electrons. The first-order valence-corrected chi connectivity index (χ1v) is 9.71. The minimum absolute atomic E-state index is 0.0135. The van der Waals surface area contributed by atoms with Gasteiger partial charge in [-0.1, -0.05) is 6.92 Å². The Morgan fingerprint density at radius 1 is 1.07 bits per heavy atom. The second kappa shape index (κ2) is 11.7. The van der Waals surface area contributed by atoms with Crippen LogP contribution in [-0.2, 0) is 9.53 Å². The van der Waals surface area contributed by atoms with Crippen LogP contribution in [0, 0.1) is 0 Å². The van der Waals surface area contributed by atoms with Crippen molar-refractivity contribution in [3.8, 4) is 0 Å². The Morgan fingerprint density at radius 2 is 1.70 bits per heavy atom. The molecular formula is C19H39N5O3. The van der Waals surface area contributed by atoms with E-state index in [0.29, 0.717) is 32.0 Å². The highest BCUT2D eigenvalue weighted by Gasteiger charge is 2.24. The quantitative estimate of drug-likeness (QED) is 0.360. The van der Waals surface area contributed by atoms with Crippen LogP contribution in [0.5, 0.6) is 0 Å². The molecule has 0 aromatic carbocycles. The standard InChI is InChI=1S/C19H39N5O3/c1-9-14(3)23-15(25)11-12-21-16(20-10-2)22-13-19(7,8)24-17(26)27-18(4,5)6/h14H,9-13H2,1-8H3,(H,23,25)(H,24,26)(H2,20,21,22). The van der Waals surface area contributed by atoms with Crippen molar-refractivity contribution in [2.45, 2.75) is 85.4 Å². The van der Waals surface area contributed by atoms with E-state index in [2.05, 4.69) is 26.3 Å². The van der Waals surface area contributed by atoms with Gasteiger partial charge in [0.2, 0.25) is 5.91 Å². The molecule has 1 atom stereocenters. The summed E-state index contributed by atoms with van der Waals surface area (Å²) in [5, 5.41) is 12.0. The lowest BCUT2D eigenvalue weighted by Crippen LogP contribution is -2.49. The van der Waals surface area contributed by atoms with Gasteiger partial charge in [-0.05, 0) is 54.9 Å². The summed E-state index contributed by atoms with van der Waals surface area (Å²) < 4.78 is 5.29. The highest BCUT2D eigenvalue weighted by atomic mass is 16.6. The Morgan fingerprint density at radius 3 is 2.22 bits per heavy atom. The van der Waals surface area contributed by atoms with E-state index < -0.39 is 17.2 Å². The highest BCUT2D eigenvalue weighted by molar-refractivity contribution is 5.81.